The van der Waals surface area contributed by atoms with Gasteiger partial charge in [-0.3, -0.25) is 14.9 Å². The lowest BCUT2D eigenvalue weighted by Gasteiger charge is -2.01. The van der Waals surface area contributed by atoms with Crippen molar-refractivity contribution in [3.05, 3.63) is 47.0 Å². The number of terminal acetylenes is 1. The summed E-state index contributed by atoms with van der Waals surface area (Å²) in [4.78, 5) is 27.6. The highest BCUT2D eigenvalue weighted by Gasteiger charge is 2.10. The average molecular weight is 299 g/mol. The Morgan fingerprint density at radius 3 is 2.76 bits per heavy atom. The Morgan fingerprint density at radius 2 is 2.05 bits per heavy atom. The summed E-state index contributed by atoms with van der Waals surface area (Å²) >= 11 is 1.27. The SMILES string of the molecule is C#CCNC(=O)Cc1csc(NC(=O)c2ccccc2)n1. The Morgan fingerprint density at radius 1 is 1.29 bits per heavy atom. The third-order valence-electron chi connectivity index (χ3n) is 2.54. The summed E-state index contributed by atoms with van der Waals surface area (Å²) in [6.07, 6.45) is 5.20. The highest BCUT2D eigenvalue weighted by Crippen LogP contribution is 2.16. The van der Waals surface area contributed by atoms with Crippen LogP contribution >= 0.6 is 11.3 Å². The minimum absolute atomic E-state index is 0.138. The molecular formula is C15H13N3O2S. The molecule has 2 aromatic rings. The number of rotatable bonds is 5. The second-order valence-electron chi connectivity index (χ2n) is 4.12. The van der Waals surface area contributed by atoms with Crippen molar-refractivity contribution in [3.8, 4) is 12.3 Å². The van der Waals surface area contributed by atoms with Crippen molar-refractivity contribution in [1.82, 2.24) is 10.3 Å². The molecular weight excluding hydrogens is 286 g/mol. The van der Waals surface area contributed by atoms with Crippen LogP contribution in [0, 0.1) is 12.3 Å². The number of anilines is 1. The summed E-state index contributed by atoms with van der Waals surface area (Å²) in [5, 5.41) is 7.45. The van der Waals surface area contributed by atoms with Gasteiger partial charge in [-0.2, -0.15) is 0 Å². The lowest BCUT2D eigenvalue weighted by Crippen LogP contribution is -2.25. The number of carbonyl (C=O) groups is 2. The van der Waals surface area contributed by atoms with Gasteiger partial charge in [-0.15, -0.1) is 17.8 Å². The van der Waals surface area contributed by atoms with E-state index in [1.54, 1.807) is 29.6 Å². The van der Waals surface area contributed by atoms with E-state index in [0.29, 0.717) is 16.4 Å². The highest BCUT2D eigenvalue weighted by molar-refractivity contribution is 7.14. The van der Waals surface area contributed by atoms with Crippen LogP contribution in [0.4, 0.5) is 5.13 Å². The molecule has 21 heavy (non-hydrogen) atoms. The fourth-order valence-electron chi connectivity index (χ4n) is 1.58. The molecule has 5 nitrogen and oxygen atoms in total. The molecule has 0 atom stereocenters. The molecule has 0 saturated carbocycles. The van der Waals surface area contributed by atoms with E-state index in [1.807, 2.05) is 6.07 Å². The van der Waals surface area contributed by atoms with Crippen molar-refractivity contribution in [3.63, 3.8) is 0 Å². The van der Waals surface area contributed by atoms with Gasteiger partial charge in [0.15, 0.2) is 5.13 Å². The molecule has 1 aromatic carbocycles. The topological polar surface area (TPSA) is 71.1 Å². The fourth-order valence-corrected chi connectivity index (χ4v) is 2.29. The van der Waals surface area contributed by atoms with Crippen molar-refractivity contribution in [2.24, 2.45) is 0 Å². The maximum absolute atomic E-state index is 11.9. The summed E-state index contributed by atoms with van der Waals surface area (Å²) in [7, 11) is 0. The molecule has 0 bridgehead atoms. The first-order valence-corrected chi connectivity index (χ1v) is 7.08. The third-order valence-corrected chi connectivity index (χ3v) is 3.34. The minimum atomic E-state index is -0.228. The molecule has 0 spiro atoms. The van der Waals surface area contributed by atoms with Gasteiger partial charge in [0.1, 0.15) is 0 Å². The van der Waals surface area contributed by atoms with Gasteiger partial charge in [-0.25, -0.2) is 4.98 Å². The van der Waals surface area contributed by atoms with Gasteiger partial charge < -0.3 is 5.32 Å². The van der Waals surface area contributed by atoms with Gasteiger partial charge in [0.05, 0.1) is 18.7 Å². The van der Waals surface area contributed by atoms with E-state index in [9.17, 15) is 9.59 Å². The lowest BCUT2D eigenvalue weighted by molar-refractivity contribution is -0.120. The first kappa shape index (κ1) is 14.8. The van der Waals surface area contributed by atoms with Crippen LogP contribution in [0.3, 0.4) is 0 Å². The summed E-state index contributed by atoms with van der Waals surface area (Å²) < 4.78 is 0. The molecule has 1 aromatic heterocycles. The van der Waals surface area contributed by atoms with Crippen LogP contribution < -0.4 is 10.6 Å². The number of nitrogens with zero attached hydrogens (tertiary/aromatic N) is 1. The third kappa shape index (κ3) is 4.44. The smallest absolute Gasteiger partial charge is 0.257 e. The Hall–Kier alpha value is -2.65. The zero-order chi connectivity index (χ0) is 15.1. The standard InChI is InChI=1S/C15H13N3O2S/c1-2-8-16-13(19)9-12-10-21-15(17-12)18-14(20)11-6-4-3-5-7-11/h1,3-7,10H,8-9H2,(H,16,19)(H,17,18,20). The van der Waals surface area contributed by atoms with Gasteiger partial charge in [0, 0.05) is 10.9 Å². The van der Waals surface area contributed by atoms with Crippen LogP contribution in [0.5, 0.6) is 0 Å². The number of nitrogens with one attached hydrogen (secondary N) is 2. The van der Waals surface area contributed by atoms with Crippen molar-refractivity contribution in [2.75, 3.05) is 11.9 Å². The number of aromatic nitrogens is 1. The van der Waals surface area contributed by atoms with Crippen molar-refractivity contribution < 1.29 is 9.59 Å². The average Bonchev–Trinajstić information content (AvgIpc) is 2.93. The quantitative estimate of drug-likeness (QED) is 0.825. The molecule has 0 unspecified atom stereocenters. The first-order valence-electron chi connectivity index (χ1n) is 6.20. The molecule has 0 radical (unpaired) electrons. The van der Waals surface area contributed by atoms with E-state index < -0.39 is 0 Å². The Labute approximate surface area is 126 Å². The van der Waals surface area contributed by atoms with E-state index >= 15 is 0 Å². The van der Waals surface area contributed by atoms with E-state index in [0.717, 1.165) is 0 Å². The maximum atomic E-state index is 11.9. The molecule has 106 valence electrons. The Bertz CT molecular complexity index is 674. The normalized spacial score (nSPS) is 9.67. The number of thiazole rings is 1. The van der Waals surface area contributed by atoms with E-state index in [2.05, 4.69) is 21.5 Å². The second-order valence-corrected chi connectivity index (χ2v) is 4.98. The number of hydrogen-bond acceptors (Lipinski definition) is 4. The fraction of sp³-hybridized carbons (Fsp3) is 0.133. The molecule has 0 aliphatic carbocycles. The summed E-state index contributed by atoms with van der Waals surface area (Å²) in [5.74, 6) is 1.90. The van der Waals surface area contributed by atoms with Crippen LogP contribution in [0.1, 0.15) is 16.1 Å². The van der Waals surface area contributed by atoms with Gasteiger partial charge in [0.2, 0.25) is 5.91 Å². The molecule has 0 fully saturated rings. The van der Waals surface area contributed by atoms with Crippen LogP contribution in [-0.2, 0) is 11.2 Å². The number of hydrogen-bond donors (Lipinski definition) is 2. The zero-order valence-corrected chi connectivity index (χ0v) is 11.9. The lowest BCUT2D eigenvalue weighted by atomic mass is 10.2. The van der Waals surface area contributed by atoms with Crippen LogP contribution in [0.2, 0.25) is 0 Å². The second kappa shape index (κ2) is 7.22. The molecule has 2 rings (SSSR count). The molecule has 2 amide bonds. The molecule has 0 aliphatic rings. The van der Waals surface area contributed by atoms with Crippen molar-refractivity contribution in [1.29, 1.82) is 0 Å². The molecule has 0 aliphatic heterocycles. The van der Waals surface area contributed by atoms with Crippen LogP contribution in [0.15, 0.2) is 35.7 Å². The summed E-state index contributed by atoms with van der Waals surface area (Å²) in [5.41, 5.74) is 1.15. The maximum Gasteiger partial charge on any atom is 0.257 e. The predicted octanol–water partition coefficient (Wildman–Crippen LogP) is 1.69. The van der Waals surface area contributed by atoms with Crippen molar-refractivity contribution >= 4 is 28.3 Å². The molecule has 6 heteroatoms. The van der Waals surface area contributed by atoms with E-state index in [4.69, 9.17) is 6.42 Å². The van der Waals surface area contributed by atoms with Crippen LogP contribution in [0.25, 0.3) is 0 Å². The highest BCUT2D eigenvalue weighted by atomic mass is 32.1. The molecule has 2 N–H and O–H groups in total. The van der Waals surface area contributed by atoms with Gasteiger partial charge in [-0.05, 0) is 12.1 Å². The minimum Gasteiger partial charge on any atom is -0.345 e. The summed E-state index contributed by atoms with van der Waals surface area (Å²) in [6.45, 7) is 0.195. The number of carbonyl (C=O) groups excluding carboxylic acids is 2. The van der Waals surface area contributed by atoms with Gasteiger partial charge in [-0.1, -0.05) is 24.1 Å². The monoisotopic (exact) mass is 299 g/mol. The zero-order valence-electron chi connectivity index (χ0n) is 11.1. The predicted molar refractivity (Wildman–Crippen MR) is 82.1 cm³/mol. The number of benzene rings is 1. The number of amides is 2. The van der Waals surface area contributed by atoms with Gasteiger partial charge in [0.25, 0.3) is 5.91 Å². The summed E-state index contributed by atoms with van der Waals surface area (Å²) in [6, 6.07) is 8.86. The van der Waals surface area contributed by atoms with Crippen molar-refractivity contribution in [2.45, 2.75) is 6.42 Å². The molecule has 0 saturated heterocycles. The Balaban J connectivity index is 1.93. The van der Waals surface area contributed by atoms with Gasteiger partial charge >= 0.3 is 0 Å². The molecule has 1 heterocycles. The van der Waals surface area contributed by atoms with E-state index in [1.165, 1.54) is 11.3 Å². The largest absolute Gasteiger partial charge is 0.345 e. The Kier molecular flexibility index (Phi) is 5.07. The first-order chi connectivity index (χ1) is 10.2. The van der Waals surface area contributed by atoms with E-state index in [-0.39, 0.29) is 24.8 Å². The van der Waals surface area contributed by atoms with Crippen LogP contribution in [-0.4, -0.2) is 23.3 Å².